The van der Waals surface area contributed by atoms with E-state index in [9.17, 15) is 19.7 Å². The average Bonchev–Trinajstić information content (AvgIpc) is 3.13. The molecule has 0 fully saturated rings. The number of aromatic nitrogens is 3. The second kappa shape index (κ2) is 10.2. The first-order valence-corrected chi connectivity index (χ1v) is 11.6. The number of nitrogens with one attached hydrogen (secondary N) is 1. The van der Waals surface area contributed by atoms with Gasteiger partial charge in [0.2, 0.25) is 0 Å². The Morgan fingerprint density at radius 3 is 2.50 bits per heavy atom. The highest BCUT2D eigenvalue weighted by atomic mass is 16.6. The molecular weight excluding hydrogens is 470 g/mol. The van der Waals surface area contributed by atoms with Crippen molar-refractivity contribution >= 4 is 34.3 Å². The van der Waals surface area contributed by atoms with Gasteiger partial charge in [-0.2, -0.15) is 5.10 Å². The zero-order valence-corrected chi connectivity index (χ0v) is 20.4. The predicted molar refractivity (Wildman–Crippen MR) is 130 cm³/mol. The lowest BCUT2D eigenvalue weighted by Crippen LogP contribution is -2.22. The van der Waals surface area contributed by atoms with Crippen LogP contribution < -0.4 is 14.8 Å². The van der Waals surface area contributed by atoms with Crippen molar-refractivity contribution in [3.63, 3.8) is 0 Å². The van der Waals surface area contributed by atoms with Crippen LogP contribution in [0.15, 0.2) is 24.4 Å². The minimum absolute atomic E-state index is 0.0261. The highest BCUT2D eigenvalue weighted by molar-refractivity contribution is 6.04. The Labute approximate surface area is 206 Å². The summed E-state index contributed by atoms with van der Waals surface area (Å²) in [6.45, 7) is 7.91. The van der Waals surface area contributed by atoms with Gasteiger partial charge in [-0.15, -0.1) is 0 Å². The van der Waals surface area contributed by atoms with Crippen LogP contribution in [0.2, 0.25) is 0 Å². The van der Waals surface area contributed by atoms with Crippen LogP contribution in [-0.4, -0.2) is 51.4 Å². The number of nitro benzene ring substituents is 1. The standard InChI is InChI=1S/C24H27N5O7/c1-13(2)17-8-15(16-11-25-28(14(3)4)23(16)27-17)24(31)36-12-22(30)26-18-9-20-21(10-19(18)29(32)33)35-7-5-6-34-20/h8-11,13-14H,5-7,12H2,1-4H3,(H,26,30). The van der Waals surface area contributed by atoms with Crippen LogP contribution in [0.3, 0.4) is 0 Å². The maximum absolute atomic E-state index is 13.0. The van der Waals surface area contributed by atoms with Gasteiger partial charge in [-0.25, -0.2) is 14.5 Å². The molecule has 0 saturated carbocycles. The number of fused-ring (bicyclic) bond motifs is 2. The number of ether oxygens (including phenoxy) is 3. The summed E-state index contributed by atoms with van der Waals surface area (Å²) in [4.78, 5) is 41.1. The van der Waals surface area contributed by atoms with Gasteiger partial charge in [-0.3, -0.25) is 14.9 Å². The lowest BCUT2D eigenvalue weighted by Gasteiger charge is -2.13. The predicted octanol–water partition coefficient (Wildman–Crippen LogP) is 4.00. The van der Waals surface area contributed by atoms with Gasteiger partial charge in [0, 0.05) is 24.2 Å². The van der Waals surface area contributed by atoms with Crippen molar-refractivity contribution in [3.05, 3.63) is 45.8 Å². The Morgan fingerprint density at radius 1 is 1.17 bits per heavy atom. The molecule has 12 nitrogen and oxygen atoms in total. The number of rotatable bonds is 7. The van der Waals surface area contributed by atoms with Crippen molar-refractivity contribution in [2.24, 2.45) is 0 Å². The van der Waals surface area contributed by atoms with Gasteiger partial charge < -0.3 is 19.5 Å². The normalized spacial score (nSPS) is 13.1. The Balaban J connectivity index is 1.53. The summed E-state index contributed by atoms with van der Waals surface area (Å²) in [5, 5.41) is 18.8. The number of anilines is 1. The van der Waals surface area contributed by atoms with Gasteiger partial charge >= 0.3 is 5.97 Å². The van der Waals surface area contributed by atoms with Crippen LogP contribution in [0.25, 0.3) is 11.0 Å². The molecule has 0 radical (unpaired) electrons. The lowest BCUT2D eigenvalue weighted by atomic mass is 10.1. The molecule has 36 heavy (non-hydrogen) atoms. The largest absolute Gasteiger partial charge is 0.489 e. The van der Waals surface area contributed by atoms with E-state index in [0.717, 1.165) is 0 Å². The monoisotopic (exact) mass is 497 g/mol. The molecule has 3 aromatic rings. The molecule has 0 saturated heterocycles. The second-order valence-corrected chi connectivity index (χ2v) is 8.92. The smallest absolute Gasteiger partial charge is 0.339 e. The van der Waals surface area contributed by atoms with E-state index in [1.165, 1.54) is 12.1 Å². The molecule has 0 aliphatic carbocycles. The van der Waals surface area contributed by atoms with Crippen LogP contribution in [0.4, 0.5) is 11.4 Å². The van der Waals surface area contributed by atoms with Gasteiger partial charge in [0.15, 0.2) is 23.8 Å². The van der Waals surface area contributed by atoms with Gasteiger partial charge in [0.1, 0.15) is 5.69 Å². The van der Waals surface area contributed by atoms with Gasteiger partial charge in [-0.1, -0.05) is 13.8 Å². The fourth-order valence-corrected chi connectivity index (χ4v) is 3.72. The van der Waals surface area contributed by atoms with E-state index in [1.54, 1.807) is 16.9 Å². The minimum Gasteiger partial charge on any atom is -0.489 e. The van der Waals surface area contributed by atoms with E-state index in [2.05, 4.69) is 15.4 Å². The summed E-state index contributed by atoms with van der Waals surface area (Å²) in [5.41, 5.74) is 1.03. The van der Waals surface area contributed by atoms with Gasteiger partial charge in [-0.05, 0) is 25.8 Å². The molecule has 4 rings (SSSR count). The molecule has 3 heterocycles. The van der Waals surface area contributed by atoms with Gasteiger partial charge in [0.05, 0.1) is 41.3 Å². The van der Waals surface area contributed by atoms with E-state index >= 15 is 0 Å². The molecule has 12 heteroatoms. The minimum atomic E-state index is -0.742. The third kappa shape index (κ3) is 5.07. The molecule has 0 atom stereocenters. The number of hydrogen-bond acceptors (Lipinski definition) is 9. The van der Waals surface area contributed by atoms with E-state index in [1.807, 2.05) is 27.7 Å². The van der Waals surface area contributed by atoms with Crippen LogP contribution in [-0.2, 0) is 9.53 Å². The first kappa shape index (κ1) is 24.9. The zero-order valence-electron chi connectivity index (χ0n) is 20.4. The second-order valence-electron chi connectivity index (χ2n) is 8.92. The summed E-state index contributed by atoms with van der Waals surface area (Å²) in [7, 11) is 0. The third-order valence-corrected chi connectivity index (χ3v) is 5.56. The Bertz CT molecular complexity index is 1330. The van der Waals surface area contributed by atoms with Gasteiger partial charge in [0.25, 0.3) is 11.6 Å². The fraction of sp³-hybridized carbons (Fsp3) is 0.417. The highest BCUT2D eigenvalue weighted by Crippen LogP contribution is 2.39. The van der Waals surface area contributed by atoms with Crippen LogP contribution >= 0.6 is 0 Å². The topological polar surface area (TPSA) is 148 Å². The molecule has 1 aliphatic rings. The maximum atomic E-state index is 13.0. The summed E-state index contributed by atoms with van der Waals surface area (Å²) in [6.07, 6.45) is 2.17. The van der Waals surface area contributed by atoms with Crippen molar-refractivity contribution < 1.29 is 28.7 Å². The number of carbonyl (C=O) groups excluding carboxylic acids is 2. The summed E-state index contributed by atoms with van der Waals surface area (Å²) >= 11 is 0. The molecule has 1 N–H and O–H groups in total. The van der Waals surface area contributed by atoms with Crippen molar-refractivity contribution in [2.45, 2.75) is 46.1 Å². The van der Waals surface area contributed by atoms with Crippen LogP contribution in [0, 0.1) is 10.1 Å². The number of esters is 1. The molecule has 1 aliphatic heterocycles. The molecule has 0 unspecified atom stereocenters. The average molecular weight is 498 g/mol. The molecule has 0 bridgehead atoms. The van der Waals surface area contributed by atoms with Crippen molar-refractivity contribution in [1.82, 2.24) is 14.8 Å². The number of carbonyl (C=O) groups is 2. The summed E-state index contributed by atoms with van der Waals surface area (Å²) < 4.78 is 18.0. The van der Waals surface area contributed by atoms with Crippen molar-refractivity contribution in [2.75, 3.05) is 25.1 Å². The first-order chi connectivity index (χ1) is 17.2. The maximum Gasteiger partial charge on any atom is 0.339 e. The molecule has 1 aromatic carbocycles. The number of pyridine rings is 1. The third-order valence-electron chi connectivity index (χ3n) is 5.56. The highest BCUT2D eigenvalue weighted by Gasteiger charge is 2.24. The fourth-order valence-electron chi connectivity index (χ4n) is 3.72. The van der Waals surface area contributed by atoms with E-state index in [-0.39, 0.29) is 40.4 Å². The van der Waals surface area contributed by atoms with E-state index in [0.29, 0.717) is 36.4 Å². The number of amides is 1. The number of nitro groups is 1. The molecule has 0 spiro atoms. The first-order valence-electron chi connectivity index (χ1n) is 11.6. The SMILES string of the molecule is CC(C)c1cc(C(=O)OCC(=O)Nc2cc3c(cc2[N+](=O)[O-])OCCCO3)c2cnn(C(C)C)c2n1. The van der Waals surface area contributed by atoms with E-state index in [4.69, 9.17) is 14.2 Å². The molecule has 1 amide bonds. The number of benzene rings is 1. The Morgan fingerprint density at radius 2 is 1.86 bits per heavy atom. The Hall–Kier alpha value is -4.22. The van der Waals surface area contributed by atoms with Crippen LogP contribution in [0.1, 0.15) is 62.1 Å². The van der Waals surface area contributed by atoms with Crippen molar-refractivity contribution in [3.8, 4) is 11.5 Å². The van der Waals surface area contributed by atoms with Crippen molar-refractivity contribution in [1.29, 1.82) is 0 Å². The Kier molecular flexibility index (Phi) is 7.04. The quantitative estimate of drug-likeness (QED) is 0.290. The summed E-state index contributed by atoms with van der Waals surface area (Å²) in [6, 6.07) is 4.20. The van der Waals surface area contributed by atoms with Crippen LogP contribution in [0.5, 0.6) is 11.5 Å². The zero-order chi connectivity index (χ0) is 26.0. The molecule has 190 valence electrons. The summed E-state index contributed by atoms with van der Waals surface area (Å²) in [5.74, 6) is -0.912. The molecule has 2 aromatic heterocycles. The number of hydrogen-bond donors (Lipinski definition) is 1. The lowest BCUT2D eigenvalue weighted by molar-refractivity contribution is -0.384. The number of nitrogens with zero attached hydrogens (tertiary/aromatic N) is 4. The van der Waals surface area contributed by atoms with E-state index < -0.39 is 23.4 Å². The molecular formula is C24H27N5O7.